The van der Waals surface area contributed by atoms with Crippen LogP contribution in [0, 0.1) is 17.5 Å². The molecule has 7 heteroatoms. The van der Waals surface area contributed by atoms with Crippen molar-refractivity contribution in [2.24, 2.45) is 0 Å². The number of halogens is 3. The van der Waals surface area contributed by atoms with Crippen molar-refractivity contribution in [2.45, 2.75) is 31.7 Å². The second-order valence-electron chi connectivity index (χ2n) is 7.75. The fraction of sp³-hybridized carbons (Fsp3) is 0.318. The third kappa shape index (κ3) is 3.40. The molecule has 1 saturated heterocycles. The minimum atomic E-state index is -0.725. The predicted octanol–water partition coefficient (Wildman–Crippen LogP) is 4.17. The third-order valence-electron chi connectivity index (χ3n) is 5.82. The van der Waals surface area contributed by atoms with Gasteiger partial charge in [0, 0.05) is 30.1 Å². The number of nitrogens with zero attached hydrogens (tertiary/aromatic N) is 1. The average molecular weight is 402 g/mol. The van der Waals surface area contributed by atoms with Gasteiger partial charge in [0.2, 0.25) is 5.91 Å². The number of fused-ring (bicyclic) bond motifs is 1. The smallest absolute Gasteiger partial charge is 0.223 e. The van der Waals surface area contributed by atoms with E-state index >= 15 is 0 Å². The predicted molar refractivity (Wildman–Crippen MR) is 104 cm³/mol. The Morgan fingerprint density at radius 1 is 1.17 bits per heavy atom. The number of aryl methyl sites for hydroxylation is 1. The van der Waals surface area contributed by atoms with Crippen molar-refractivity contribution in [2.75, 3.05) is 13.2 Å². The number of rotatable bonds is 5. The van der Waals surface area contributed by atoms with Gasteiger partial charge in [0.15, 0.2) is 0 Å². The van der Waals surface area contributed by atoms with E-state index in [9.17, 15) is 23.1 Å². The highest BCUT2D eigenvalue weighted by atomic mass is 19.1. The van der Waals surface area contributed by atoms with Gasteiger partial charge in [0.05, 0.1) is 17.7 Å². The second kappa shape index (κ2) is 7.22. The van der Waals surface area contributed by atoms with Crippen molar-refractivity contribution >= 4 is 16.8 Å². The molecular weight excluding hydrogens is 381 g/mol. The van der Waals surface area contributed by atoms with E-state index in [1.807, 2.05) is 6.92 Å². The van der Waals surface area contributed by atoms with Gasteiger partial charge in [-0.1, -0.05) is 0 Å². The molecule has 2 aromatic carbocycles. The topological polar surface area (TPSA) is 56.3 Å². The quantitative estimate of drug-likeness (QED) is 0.673. The number of aliphatic hydroxyl groups is 1. The van der Waals surface area contributed by atoms with Crippen LogP contribution in [0.15, 0.2) is 36.4 Å². The number of benzene rings is 2. The molecule has 29 heavy (non-hydrogen) atoms. The van der Waals surface area contributed by atoms with Crippen LogP contribution in [0.25, 0.3) is 22.2 Å². The first kappa shape index (κ1) is 19.5. The Hall–Kier alpha value is -2.80. The number of carbonyl (C=O) groups is 1. The number of aromatic nitrogens is 1. The number of carbonyl (C=O) groups excluding carboxylic acids is 1. The van der Waals surface area contributed by atoms with Crippen molar-refractivity contribution in [3.05, 3.63) is 59.4 Å². The molecule has 1 aliphatic heterocycles. The van der Waals surface area contributed by atoms with E-state index in [4.69, 9.17) is 0 Å². The highest BCUT2D eigenvalue weighted by Crippen LogP contribution is 2.35. The standard InChI is InChI=1S/C22H21F3N2O2/c1-22(12-28)8-9-27(22)19(29)7-6-16-17-10-15(24)11-18(25)21(17)26-20(16)13-2-4-14(23)5-3-13/h2-5,10-11,26,28H,6-9,12H2,1H3. The first-order valence-electron chi connectivity index (χ1n) is 9.49. The minimum absolute atomic E-state index is 0.108. The van der Waals surface area contributed by atoms with Gasteiger partial charge in [-0.25, -0.2) is 13.2 Å². The molecule has 0 radical (unpaired) electrons. The summed E-state index contributed by atoms with van der Waals surface area (Å²) in [5.74, 6) is -1.96. The van der Waals surface area contributed by atoms with Crippen LogP contribution in [0.2, 0.25) is 0 Å². The Bertz CT molecular complexity index is 1070. The van der Waals surface area contributed by atoms with E-state index in [1.165, 1.54) is 18.2 Å². The molecule has 1 fully saturated rings. The maximum absolute atomic E-state index is 14.3. The molecule has 1 atom stereocenters. The molecule has 2 heterocycles. The van der Waals surface area contributed by atoms with Crippen LogP contribution < -0.4 is 0 Å². The molecule has 4 nitrogen and oxygen atoms in total. The van der Waals surface area contributed by atoms with Gasteiger partial charge in [0.1, 0.15) is 17.5 Å². The molecule has 0 spiro atoms. The van der Waals surface area contributed by atoms with Crippen molar-refractivity contribution in [1.29, 1.82) is 0 Å². The molecule has 1 amide bonds. The lowest BCUT2D eigenvalue weighted by atomic mass is 9.87. The van der Waals surface area contributed by atoms with E-state index in [1.54, 1.807) is 17.0 Å². The van der Waals surface area contributed by atoms with Crippen LogP contribution in [0.4, 0.5) is 13.2 Å². The lowest BCUT2D eigenvalue weighted by Crippen LogP contribution is -2.62. The first-order valence-corrected chi connectivity index (χ1v) is 9.49. The number of aliphatic hydroxyl groups excluding tert-OH is 1. The van der Waals surface area contributed by atoms with Crippen molar-refractivity contribution in [3.63, 3.8) is 0 Å². The Kier molecular flexibility index (Phi) is 4.86. The normalized spacial score (nSPS) is 18.9. The highest BCUT2D eigenvalue weighted by molar-refractivity contribution is 5.92. The maximum Gasteiger partial charge on any atom is 0.223 e. The molecule has 1 aromatic heterocycles. The molecule has 0 saturated carbocycles. The Labute approximate surface area is 166 Å². The van der Waals surface area contributed by atoms with Crippen LogP contribution in [0.1, 0.15) is 25.3 Å². The second-order valence-corrected chi connectivity index (χ2v) is 7.75. The monoisotopic (exact) mass is 402 g/mol. The Balaban J connectivity index is 1.71. The highest BCUT2D eigenvalue weighted by Gasteiger charge is 2.42. The first-order chi connectivity index (χ1) is 13.8. The molecular formula is C22H21F3N2O2. The van der Waals surface area contributed by atoms with Crippen LogP contribution >= 0.6 is 0 Å². The van der Waals surface area contributed by atoms with E-state index < -0.39 is 23.0 Å². The number of hydrogen-bond donors (Lipinski definition) is 2. The van der Waals surface area contributed by atoms with E-state index in [0.717, 1.165) is 12.5 Å². The number of nitrogens with one attached hydrogen (secondary N) is 1. The molecule has 0 aliphatic carbocycles. The van der Waals surface area contributed by atoms with Crippen LogP contribution in [-0.2, 0) is 11.2 Å². The van der Waals surface area contributed by atoms with Crippen LogP contribution in [-0.4, -0.2) is 39.6 Å². The summed E-state index contributed by atoms with van der Waals surface area (Å²) >= 11 is 0. The molecule has 1 aliphatic rings. The summed E-state index contributed by atoms with van der Waals surface area (Å²) < 4.78 is 41.5. The third-order valence-corrected chi connectivity index (χ3v) is 5.82. The number of hydrogen-bond acceptors (Lipinski definition) is 2. The molecule has 4 rings (SSSR count). The van der Waals surface area contributed by atoms with Gasteiger partial charge in [-0.2, -0.15) is 0 Å². The van der Waals surface area contributed by atoms with Gasteiger partial charge in [0.25, 0.3) is 0 Å². The van der Waals surface area contributed by atoms with Gasteiger partial charge < -0.3 is 15.0 Å². The number of H-pyrrole nitrogens is 1. The van der Waals surface area contributed by atoms with E-state index in [2.05, 4.69) is 4.98 Å². The summed E-state index contributed by atoms with van der Waals surface area (Å²) in [4.78, 5) is 17.3. The summed E-state index contributed by atoms with van der Waals surface area (Å²) in [6, 6.07) is 7.73. The molecule has 0 bridgehead atoms. The number of likely N-dealkylation sites (tertiary alicyclic amines) is 1. The Morgan fingerprint density at radius 3 is 2.52 bits per heavy atom. The average Bonchev–Trinajstić information content (AvgIpc) is 3.04. The zero-order chi connectivity index (χ0) is 20.8. The van der Waals surface area contributed by atoms with Gasteiger partial charge in [-0.3, -0.25) is 4.79 Å². The van der Waals surface area contributed by atoms with Crippen LogP contribution in [0.5, 0.6) is 0 Å². The summed E-state index contributed by atoms with van der Waals surface area (Å²) in [7, 11) is 0. The van der Waals surface area contributed by atoms with Crippen molar-refractivity contribution in [1.82, 2.24) is 9.88 Å². The SMILES string of the molecule is CC1(CO)CCN1C(=O)CCc1c(-c2ccc(F)cc2)[nH]c2c(F)cc(F)cc12. The zero-order valence-electron chi connectivity index (χ0n) is 15.9. The maximum atomic E-state index is 14.3. The number of aromatic amines is 1. The van der Waals surface area contributed by atoms with E-state index in [-0.39, 0.29) is 30.9 Å². The summed E-state index contributed by atoms with van der Waals surface area (Å²) in [6.07, 6.45) is 1.13. The zero-order valence-corrected chi connectivity index (χ0v) is 15.9. The largest absolute Gasteiger partial charge is 0.394 e. The van der Waals surface area contributed by atoms with Crippen molar-refractivity contribution < 1.29 is 23.1 Å². The molecule has 152 valence electrons. The summed E-state index contributed by atoms with van der Waals surface area (Å²) in [5, 5.41) is 9.89. The van der Waals surface area contributed by atoms with E-state index in [0.29, 0.717) is 28.8 Å². The van der Waals surface area contributed by atoms with Gasteiger partial charge in [-0.05, 0) is 61.2 Å². The lowest BCUT2D eigenvalue weighted by molar-refractivity contribution is -0.149. The minimum Gasteiger partial charge on any atom is -0.394 e. The fourth-order valence-electron chi connectivity index (χ4n) is 3.96. The molecule has 3 aromatic rings. The van der Waals surface area contributed by atoms with Gasteiger partial charge >= 0.3 is 0 Å². The van der Waals surface area contributed by atoms with Crippen molar-refractivity contribution in [3.8, 4) is 11.3 Å². The Morgan fingerprint density at radius 2 is 1.90 bits per heavy atom. The molecule has 1 unspecified atom stereocenters. The number of amides is 1. The lowest BCUT2D eigenvalue weighted by Gasteiger charge is -2.49. The van der Waals surface area contributed by atoms with Crippen LogP contribution in [0.3, 0.4) is 0 Å². The summed E-state index contributed by atoms with van der Waals surface area (Å²) in [6.45, 7) is 2.30. The fourth-order valence-corrected chi connectivity index (χ4v) is 3.96. The van der Waals surface area contributed by atoms with Gasteiger partial charge in [-0.15, -0.1) is 0 Å². The molecule has 2 N–H and O–H groups in total. The summed E-state index contributed by atoms with van der Waals surface area (Å²) in [5.41, 5.74) is 1.36.